The minimum absolute atomic E-state index is 0.271. The summed E-state index contributed by atoms with van der Waals surface area (Å²) >= 11 is 6.25. The van der Waals surface area contributed by atoms with E-state index in [9.17, 15) is 9.90 Å². The van der Waals surface area contributed by atoms with Crippen molar-refractivity contribution in [2.45, 2.75) is 25.9 Å². The summed E-state index contributed by atoms with van der Waals surface area (Å²) in [5.74, 6) is -0.285. The Labute approximate surface area is 128 Å². The van der Waals surface area contributed by atoms with E-state index in [4.69, 9.17) is 16.3 Å². The van der Waals surface area contributed by atoms with Gasteiger partial charge in [0.1, 0.15) is 5.75 Å². The molecule has 1 aliphatic rings. The first kappa shape index (κ1) is 14.0. The van der Waals surface area contributed by atoms with E-state index in [2.05, 4.69) is 0 Å². The van der Waals surface area contributed by atoms with Gasteiger partial charge in [0.05, 0.1) is 16.7 Å². The van der Waals surface area contributed by atoms with Crippen molar-refractivity contribution < 1.29 is 14.6 Å². The third-order valence-corrected chi connectivity index (χ3v) is 3.76. The van der Waals surface area contributed by atoms with Crippen LogP contribution in [-0.4, -0.2) is 17.2 Å². The molecule has 4 heteroatoms. The Bertz CT molecular complexity index is 705. The van der Waals surface area contributed by atoms with Crippen LogP contribution < -0.4 is 4.74 Å². The molecule has 1 saturated carbocycles. The largest absolute Gasteiger partial charge is 0.489 e. The summed E-state index contributed by atoms with van der Waals surface area (Å²) < 4.78 is 5.70. The summed E-state index contributed by atoms with van der Waals surface area (Å²) in [4.78, 5) is 11.4. The second-order valence-corrected chi connectivity index (χ2v) is 5.72. The van der Waals surface area contributed by atoms with Gasteiger partial charge in [-0.3, -0.25) is 0 Å². The van der Waals surface area contributed by atoms with Gasteiger partial charge in [-0.1, -0.05) is 35.4 Å². The van der Waals surface area contributed by atoms with Crippen LogP contribution in [0.25, 0.3) is 11.1 Å². The predicted octanol–water partition coefficient (Wildman–Crippen LogP) is 4.55. The van der Waals surface area contributed by atoms with Gasteiger partial charge >= 0.3 is 5.97 Å². The molecule has 0 atom stereocenters. The molecule has 2 aromatic rings. The summed E-state index contributed by atoms with van der Waals surface area (Å²) in [6.07, 6.45) is 2.42. The van der Waals surface area contributed by atoms with E-state index in [1.54, 1.807) is 18.2 Å². The number of hydrogen-bond donors (Lipinski definition) is 1. The highest BCUT2D eigenvalue weighted by Crippen LogP contribution is 2.35. The first-order valence-electron chi connectivity index (χ1n) is 6.85. The fourth-order valence-electron chi connectivity index (χ4n) is 2.21. The Kier molecular flexibility index (Phi) is 3.60. The molecule has 1 aliphatic carbocycles. The van der Waals surface area contributed by atoms with Gasteiger partial charge in [0.15, 0.2) is 0 Å². The Morgan fingerprint density at radius 1 is 1.24 bits per heavy atom. The van der Waals surface area contributed by atoms with Crippen LogP contribution in [0.4, 0.5) is 0 Å². The molecule has 0 bridgehead atoms. The Hall–Kier alpha value is -2.00. The topological polar surface area (TPSA) is 46.5 Å². The third kappa shape index (κ3) is 3.03. The molecule has 0 aromatic heterocycles. The smallest absolute Gasteiger partial charge is 0.336 e. The van der Waals surface area contributed by atoms with Gasteiger partial charge in [0.2, 0.25) is 0 Å². The molecule has 0 radical (unpaired) electrons. The lowest BCUT2D eigenvalue weighted by atomic mass is 9.97. The molecule has 0 heterocycles. The van der Waals surface area contributed by atoms with E-state index in [1.165, 1.54) is 0 Å². The average Bonchev–Trinajstić information content (AvgIpc) is 3.24. The Morgan fingerprint density at radius 3 is 2.62 bits per heavy atom. The van der Waals surface area contributed by atoms with Gasteiger partial charge in [-0.2, -0.15) is 0 Å². The van der Waals surface area contributed by atoms with E-state index in [1.807, 2.05) is 25.1 Å². The first-order valence-corrected chi connectivity index (χ1v) is 7.23. The van der Waals surface area contributed by atoms with Crippen molar-refractivity contribution in [1.82, 2.24) is 0 Å². The van der Waals surface area contributed by atoms with Gasteiger partial charge in [0.25, 0.3) is 0 Å². The second kappa shape index (κ2) is 5.41. The van der Waals surface area contributed by atoms with Gasteiger partial charge in [0, 0.05) is 0 Å². The molecule has 108 valence electrons. The van der Waals surface area contributed by atoms with Gasteiger partial charge in [-0.15, -0.1) is 0 Å². The second-order valence-electron chi connectivity index (χ2n) is 5.32. The van der Waals surface area contributed by atoms with Crippen LogP contribution in [0.1, 0.15) is 28.8 Å². The summed E-state index contributed by atoms with van der Waals surface area (Å²) in [6.45, 7) is 1.93. The number of carbonyl (C=O) groups is 1. The van der Waals surface area contributed by atoms with E-state index >= 15 is 0 Å². The van der Waals surface area contributed by atoms with Crippen molar-refractivity contribution in [2.75, 3.05) is 0 Å². The summed E-state index contributed by atoms with van der Waals surface area (Å²) in [7, 11) is 0. The number of benzene rings is 2. The molecular formula is C17H15ClO3. The fourth-order valence-corrected chi connectivity index (χ4v) is 2.44. The average molecular weight is 303 g/mol. The lowest BCUT2D eigenvalue weighted by Crippen LogP contribution is -2.00. The minimum atomic E-state index is -0.945. The summed E-state index contributed by atoms with van der Waals surface area (Å²) in [5, 5.41) is 9.82. The number of aryl methyl sites for hydroxylation is 1. The number of aromatic carboxylic acids is 1. The predicted molar refractivity (Wildman–Crippen MR) is 82.2 cm³/mol. The molecule has 0 amide bonds. The Balaban J connectivity index is 2.01. The first-order chi connectivity index (χ1) is 10.0. The number of rotatable bonds is 4. The van der Waals surface area contributed by atoms with Gasteiger partial charge in [-0.25, -0.2) is 4.79 Å². The molecule has 2 aromatic carbocycles. The molecule has 0 aliphatic heterocycles. The van der Waals surface area contributed by atoms with Gasteiger partial charge < -0.3 is 9.84 Å². The van der Waals surface area contributed by atoms with Crippen molar-refractivity contribution in [2.24, 2.45) is 0 Å². The van der Waals surface area contributed by atoms with Crippen LogP contribution >= 0.6 is 11.6 Å². The van der Waals surface area contributed by atoms with E-state index in [0.29, 0.717) is 16.3 Å². The summed E-state index contributed by atoms with van der Waals surface area (Å²) in [5.41, 5.74) is 2.73. The molecule has 0 unspecified atom stereocenters. The van der Waals surface area contributed by atoms with Crippen molar-refractivity contribution in [3.63, 3.8) is 0 Å². The molecule has 3 nitrogen and oxygen atoms in total. The zero-order chi connectivity index (χ0) is 15.0. The molecular weight excluding hydrogens is 288 g/mol. The van der Waals surface area contributed by atoms with Gasteiger partial charge in [-0.05, 0) is 49.1 Å². The van der Waals surface area contributed by atoms with Crippen LogP contribution in [0.3, 0.4) is 0 Å². The van der Waals surface area contributed by atoms with E-state index in [-0.39, 0.29) is 11.7 Å². The maximum atomic E-state index is 11.4. The molecule has 1 N–H and O–H groups in total. The standard InChI is InChI=1S/C17H15ClO3/c1-10-2-6-13(17(19)20)14(8-10)11-3-7-16(15(18)9-11)21-12-4-5-12/h2-3,6-9,12H,4-5H2,1H3,(H,19,20). The molecule has 21 heavy (non-hydrogen) atoms. The quantitative estimate of drug-likeness (QED) is 0.901. The third-order valence-electron chi connectivity index (χ3n) is 3.47. The highest BCUT2D eigenvalue weighted by atomic mass is 35.5. The zero-order valence-corrected chi connectivity index (χ0v) is 12.4. The number of hydrogen-bond acceptors (Lipinski definition) is 2. The van der Waals surface area contributed by atoms with Crippen LogP contribution in [0.5, 0.6) is 5.75 Å². The minimum Gasteiger partial charge on any atom is -0.489 e. The van der Waals surface area contributed by atoms with E-state index < -0.39 is 5.97 Å². The maximum absolute atomic E-state index is 11.4. The molecule has 0 spiro atoms. The molecule has 3 rings (SSSR count). The monoisotopic (exact) mass is 302 g/mol. The highest BCUT2D eigenvalue weighted by Gasteiger charge is 2.24. The lowest BCUT2D eigenvalue weighted by molar-refractivity contribution is 0.0697. The number of ether oxygens (including phenoxy) is 1. The lowest BCUT2D eigenvalue weighted by Gasteiger charge is -2.11. The van der Waals surface area contributed by atoms with E-state index in [0.717, 1.165) is 24.0 Å². The van der Waals surface area contributed by atoms with Crippen molar-refractivity contribution in [1.29, 1.82) is 0 Å². The van der Waals surface area contributed by atoms with Crippen molar-refractivity contribution in [3.8, 4) is 16.9 Å². The summed E-state index contributed by atoms with van der Waals surface area (Å²) in [6, 6.07) is 10.7. The fraction of sp³-hybridized carbons (Fsp3) is 0.235. The SMILES string of the molecule is Cc1ccc(C(=O)O)c(-c2ccc(OC3CC3)c(Cl)c2)c1. The van der Waals surface area contributed by atoms with Crippen LogP contribution in [0, 0.1) is 6.92 Å². The highest BCUT2D eigenvalue weighted by molar-refractivity contribution is 6.32. The number of carboxylic acids is 1. The number of halogens is 1. The van der Waals surface area contributed by atoms with Crippen molar-refractivity contribution >= 4 is 17.6 Å². The normalized spacial score (nSPS) is 14.0. The molecule has 1 fully saturated rings. The Morgan fingerprint density at radius 2 is 2.00 bits per heavy atom. The maximum Gasteiger partial charge on any atom is 0.336 e. The zero-order valence-electron chi connectivity index (χ0n) is 11.6. The van der Waals surface area contributed by atoms with Crippen LogP contribution in [0.15, 0.2) is 36.4 Å². The molecule has 0 saturated heterocycles. The van der Waals surface area contributed by atoms with Crippen LogP contribution in [0.2, 0.25) is 5.02 Å². The van der Waals surface area contributed by atoms with Crippen molar-refractivity contribution in [3.05, 3.63) is 52.5 Å². The number of carboxylic acid groups (broad SMARTS) is 1. The van der Waals surface area contributed by atoms with Crippen LogP contribution in [-0.2, 0) is 0 Å².